The van der Waals surface area contributed by atoms with Gasteiger partial charge in [0, 0.05) is 43.0 Å². The zero-order valence-electron chi connectivity index (χ0n) is 15.9. The zero-order valence-corrected chi connectivity index (χ0v) is 15.9. The lowest BCUT2D eigenvalue weighted by Gasteiger charge is -2.17. The molecule has 0 radical (unpaired) electrons. The standard InChI is InChI=1S/C19H23N3O6/c1-11(10-23)18-16(6-13(22(25)26)7-17(18)20)19(24)21-9-12-4-14(27-2)8-15(5-12)28-3/h4-8,11,23H,9-10,20H2,1-3H3,(H,21,24)/t11-/m1/s1. The molecular weight excluding hydrogens is 366 g/mol. The number of carbonyl (C=O) groups is 1. The Labute approximate surface area is 162 Å². The van der Waals surface area contributed by atoms with Gasteiger partial charge in [-0.15, -0.1) is 0 Å². The topological polar surface area (TPSA) is 137 Å². The van der Waals surface area contributed by atoms with Crippen LogP contribution < -0.4 is 20.5 Å². The van der Waals surface area contributed by atoms with Gasteiger partial charge in [-0.25, -0.2) is 0 Å². The van der Waals surface area contributed by atoms with E-state index in [0.717, 1.165) is 5.56 Å². The fraction of sp³-hybridized carbons (Fsp3) is 0.316. The number of aliphatic hydroxyl groups excluding tert-OH is 1. The number of hydrogen-bond acceptors (Lipinski definition) is 7. The third kappa shape index (κ3) is 4.68. The minimum absolute atomic E-state index is 0.0584. The number of carbonyl (C=O) groups excluding carboxylic acids is 1. The van der Waals surface area contributed by atoms with Crippen molar-refractivity contribution in [1.29, 1.82) is 0 Å². The Kier molecular flexibility index (Phi) is 6.78. The molecule has 0 fully saturated rings. The zero-order chi connectivity index (χ0) is 20.8. The van der Waals surface area contributed by atoms with Crippen LogP contribution in [0.5, 0.6) is 11.5 Å². The van der Waals surface area contributed by atoms with Crippen molar-refractivity contribution in [3.63, 3.8) is 0 Å². The summed E-state index contributed by atoms with van der Waals surface area (Å²) in [6.45, 7) is 1.57. The Morgan fingerprint density at radius 3 is 2.32 bits per heavy atom. The molecule has 0 aromatic heterocycles. The summed E-state index contributed by atoms with van der Waals surface area (Å²) >= 11 is 0. The predicted octanol–water partition coefficient (Wildman–Crippen LogP) is 2.22. The van der Waals surface area contributed by atoms with Crippen LogP contribution in [0.3, 0.4) is 0 Å². The van der Waals surface area contributed by atoms with Gasteiger partial charge in [-0.1, -0.05) is 6.92 Å². The van der Waals surface area contributed by atoms with Crippen molar-refractivity contribution in [2.45, 2.75) is 19.4 Å². The van der Waals surface area contributed by atoms with Crippen LogP contribution in [-0.4, -0.2) is 36.8 Å². The van der Waals surface area contributed by atoms with Crippen LogP contribution in [-0.2, 0) is 6.54 Å². The highest BCUT2D eigenvalue weighted by Gasteiger charge is 2.23. The fourth-order valence-electron chi connectivity index (χ4n) is 2.84. The first-order valence-corrected chi connectivity index (χ1v) is 8.49. The summed E-state index contributed by atoms with van der Waals surface area (Å²) in [5.41, 5.74) is 6.87. The Balaban J connectivity index is 2.34. The van der Waals surface area contributed by atoms with Crippen LogP contribution in [0.15, 0.2) is 30.3 Å². The van der Waals surface area contributed by atoms with E-state index in [1.807, 2.05) is 0 Å². The van der Waals surface area contributed by atoms with Gasteiger partial charge in [0.05, 0.1) is 24.7 Å². The number of nitro groups is 1. The minimum atomic E-state index is -0.618. The maximum Gasteiger partial charge on any atom is 0.272 e. The second-order valence-electron chi connectivity index (χ2n) is 6.24. The number of non-ortho nitro benzene ring substituents is 1. The number of aliphatic hydroxyl groups is 1. The molecule has 1 amide bonds. The van der Waals surface area contributed by atoms with Crippen LogP contribution in [0.2, 0.25) is 0 Å². The van der Waals surface area contributed by atoms with Crippen LogP contribution >= 0.6 is 0 Å². The number of rotatable bonds is 8. The molecule has 1 atom stereocenters. The van der Waals surface area contributed by atoms with Crippen molar-refractivity contribution in [1.82, 2.24) is 5.32 Å². The second-order valence-corrected chi connectivity index (χ2v) is 6.24. The monoisotopic (exact) mass is 389 g/mol. The Morgan fingerprint density at radius 1 is 1.21 bits per heavy atom. The number of anilines is 1. The Hall–Kier alpha value is -3.33. The highest BCUT2D eigenvalue weighted by atomic mass is 16.6. The second kappa shape index (κ2) is 9.05. The van der Waals surface area contributed by atoms with Crippen molar-refractivity contribution in [3.8, 4) is 11.5 Å². The molecule has 150 valence electrons. The number of benzene rings is 2. The van der Waals surface area contributed by atoms with E-state index in [2.05, 4.69) is 5.32 Å². The molecule has 9 nitrogen and oxygen atoms in total. The molecule has 2 aromatic carbocycles. The molecule has 0 aliphatic rings. The van der Waals surface area contributed by atoms with Crippen molar-refractivity contribution in [2.75, 3.05) is 26.6 Å². The van der Waals surface area contributed by atoms with E-state index in [1.165, 1.54) is 26.4 Å². The first-order chi connectivity index (χ1) is 13.3. The SMILES string of the molecule is COc1cc(CNC(=O)c2cc([N+](=O)[O-])cc(N)c2[C@H](C)CO)cc(OC)c1. The highest BCUT2D eigenvalue weighted by molar-refractivity contribution is 5.98. The summed E-state index contributed by atoms with van der Waals surface area (Å²) in [4.78, 5) is 23.3. The van der Waals surface area contributed by atoms with Gasteiger partial charge < -0.3 is 25.6 Å². The lowest BCUT2D eigenvalue weighted by atomic mass is 9.93. The van der Waals surface area contributed by atoms with Crippen LogP contribution in [0.25, 0.3) is 0 Å². The molecule has 0 aliphatic carbocycles. The first-order valence-electron chi connectivity index (χ1n) is 8.49. The molecule has 0 saturated carbocycles. The van der Waals surface area contributed by atoms with Gasteiger partial charge in [-0.3, -0.25) is 14.9 Å². The van der Waals surface area contributed by atoms with E-state index in [1.54, 1.807) is 25.1 Å². The van der Waals surface area contributed by atoms with Gasteiger partial charge in [0.2, 0.25) is 0 Å². The number of hydrogen-bond donors (Lipinski definition) is 3. The smallest absolute Gasteiger partial charge is 0.272 e. The lowest BCUT2D eigenvalue weighted by Crippen LogP contribution is -2.25. The average Bonchev–Trinajstić information content (AvgIpc) is 2.70. The number of methoxy groups -OCH3 is 2. The Bertz CT molecular complexity index is 862. The summed E-state index contributed by atoms with van der Waals surface area (Å²) in [5, 5.41) is 23.3. The van der Waals surface area contributed by atoms with E-state index < -0.39 is 16.7 Å². The quantitative estimate of drug-likeness (QED) is 0.358. The highest BCUT2D eigenvalue weighted by Crippen LogP contribution is 2.31. The average molecular weight is 389 g/mol. The molecule has 2 rings (SSSR count). The molecule has 0 saturated heterocycles. The van der Waals surface area contributed by atoms with E-state index in [-0.39, 0.29) is 30.1 Å². The predicted molar refractivity (Wildman–Crippen MR) is 104 cm³/mol. The fourth-order valence-corrected chi connectivity index (χ4v) is 2.84. The number of nitro benzene ring substituents is 1. The van der Waals surface area contributed by atoms with Gasteiger partial charge in [0.1, 0.15) is 11.5 Å². The van der Waals surface area contributed by atoms with Crippen LogP contribution in [0, 0.1) is 10.1 Å². The summed E-state index contributed by atoms with van der Waals surface area (Å²) in [6.07, 6.45) is 0. The molecule has 2 aromatic rings. The van der Waals surface area contributed by atoms with Gasteiger partial charge in [-0.05, 0) is 23.3 Å². The summed E-state index contributed by atoms with van der Waals surface area (Å²) in [7, 11) is 3.04. The Morgan fingerprint density at radius 2 is 1.82 bits per heavy atom. The van der Waals surface area contributed by atoms with E-state index >= 15 is 0 Å². The van der Waals surface area contributed by atoms with E-state index in [4.69, 9.17) is 15.2 Å². The van der Waals surface area contributed by atoms with Crippen LogP contribution in [0.1, 0.15) is 34.3 Å². The summed E-state index contributed by atoms with van der Waals surface area (Å²) < 4.78 is 10.4. The number of nitrogens with two attached hydrogens (primary N) is 1. The number of amides is 1. The lowest BCUT2D eigenvalue weighted by molar-refractivity contribution is -0.384. The maximum absolute atomic E-state index is 12.8. The minimum Gasteiger partial charge on any atom is -0.497 e. The molecule has 0 bridgehead atoms. The number of ether oxygens (including phenoxy) is 2. The number of nitrogens with zero attached hydrogens (tertiary/aromatic N) is 1. The van der Waals surface area contributed by atoms with Gasteiger partial charge in [0.25, 0.3) is 11.6 Å². The van der Waals surface area contributed by atoms with Crippen molar-refractivity contribution < 1.29 is 24.3 Å². The van der Waals surface area contributed by atoms with Gasteiger partial charge >= 0.3 is 0 Å². The van der Waals surface area contributed by atoms with E-state index in [9.17, 15) is 20.0 Å². The van der Waals surface area contributed by atoms with Crippen LogP contribution in [0.4, 0.5) is 11.4 Å². The van der Waals surface area contributed by atoms with Gasteiger partial charge in [-0.2, -0.15) is 0 Å². The maximum atomic E-state index is 12.8. The number of nitrogens with one attached hydrogen (secondary N) is 1. The van der Waals surface area contributed by atoms with Crippen molar-refractivity contribution in [2.24, 2.45) is 0 Å². The number of nitrogen functional groups attached to an aromatic ring is 1. The third-order valence-electron chi connectivity index (χ3n) is 4.28. The van der Waals surface area contributed by atoms with Crippen molar-refractivity contribution >= 4 is 17.3 Å². The molecule has 0 heterocycles. The summed E-state index contributed by atoms with van der Waals surface area (Å²) in [6, 6.07) is 7.53. The van der Waals surface area contributed by atoms with Gasteiger partial charge in [0.15, 0.2) is 0 Å². The third-order valence-corrected chi connectivity index (χ3v) is 4.28. The molecule has 4 N–H and O–H groups in total. The molecule has 0 unspecified atom stereocenters. The normalized spacial score (nSPS) is 11.6. The molecule has 28 heavy (non-hydrogen) atoms. The first kappa shape index (κ1) is 21.0. The molecule has 9 heteroatoms. The molecular formula is C19H23N3O6. The van der Waals surface area contributed by atoms with E-state index in [0.29, 0.717) is 17.1 Å². The summed E-state index contributed by atoms with van der Waals surface area (Å²) in [5.74, 6) is 0.140. The molecule has 0 spiro atoms. The molecule has 0 aliphatic heterocycles. The largest absolute Gasteiger partial charge is 0.497 e. The van der Waals surface area contributed by atoms with Crippen molar-refractivity contribution in [3.05, 3.63) is 57.1 Å².